The molecule has 1 aliphatic carbocycles. The SMILES string of the molecule is COc1cc2c(c(OC)c1OC)-c1ccc(NC(CC(C)C)C(=O)NCCC(=O)O)c(=O)cc1C(NC(C)=O)CC2. The Labute approximate surface area is 239 Å². The average Bonchev–Trinajstić information content (AvgIpc) is 3.15. The first-order valence-corrected chi connectivity index (χ1v) is 13.5. The fraction of sp³-hybridized carbons (Fsp3) is 0.467. The Kier molecular flexibility index (Phi) is 10.6. The van der Waals surface area contributed by atoms with E-state index in [1.807, 2.05) is 19.9 Å². The number of methoxy groups -OCH3 is 3. The van der Waals surface area contributed by atoms with E-state index < -0.39 is 24.0 Å². The lowest BCUT2D eigenvalue weighted by Crippen LogP contribution is -2.42. The number of hydrogen-bond donors (Lipinski definition) is 4. The van der Waals surface area contributed by atoms with Crippen molar-refractivity contribution in [2.75, 3.05) is 33.2 Å². The molecule has 0 bridgehead atoms. The molecule has 3 rings (SSSR count). The molecule has 0 aliphatic heterocycles. The molecule has 0 radical (unpaired) electrons. The van der Waals surface area contributed by atoms with Gasteiger partial charge in [-0.3, -0.25) is 19.2 Å². The van der Waals surface area contributed by atoms with Crippen LogP contribution in [0.2, 0.25) is 0 Å². The van der Waals surface area contributed by atoms with Gasteiger partial charge < -0.3 is 35.3 Å². The van der Waals surface area contributed by atoms with Gasteiger partial charge in [-0.05, 0) is 60.1 Å². The number of aryl methyl sites for hydroxylation is 1. The minimum atomic E-state index is -1.02. The van der Waals surface area contributed by atoms with Crippen molar-refractivity contribution in [3.8, 4) is 28.4 Å². The Hall–Kier alpha value is -4.28. The fourth-order valence-electron chi connectivity index (χ4n) is 5.13. The van der Waals surface area contributed by atoms with Crippen LogP contribution in [-0.4, -0.2) is 56.8 Å². The summed E-state index contributed by atoms with van der Waals surface area (Å²) in [6.07, 6.45) is 1.30. The molecule has 2 amide bonds. The summed E-state index contributed by atoms with van der Waals surface area (Å²) in [5.41, 5.74) is 2.73. The van der Waals surface area contributed by atoms with E-state index in [2.05, 4.69) is 16.0 Å². The summed E-state index contributed by atoms with van der Waals surface area (Å²) in [5.74, 6) is -0.190. The standard InChI is InChI=1S/C30H39N3O8/c1-16(2)13-23(30(38)31-12-11-26(36)37)33-22-10-8-19-20(15-24(22)35)21(32-17(3)34)9-7-18-14-25(39-4)28(40-5)29(41-6)27(18)19/h8,10,14-16,21,23H,7,9,11-13H2,1-6H3,(H,31,38)(H,32,34)(H,33,35)(H,36,37). The van der Waals surface area contributed by atoms with Gasteiger partial charge in [0.1, 0.15) is 6.04 Å². The molecule has 4 N–H and O–H groups in total. The third kappa shape index (κ3) is 7.47. The van der Waals surface area contributed by atoms with Gasteiger partial charge in [-0.15, -0.1) is 0 Å². The molecule has 0 fully saturated rings. The van der Waals surface area contributed by atoms with Crippen molar-refractivity contribution in [2.45, 2.75) is 58.5 Å². The summed E-state index contributed by atoms with van der Waals surface area (Å²) >= 11 is 0. The van der Waals surface area contributed by atoms with Crippen molar-refractivity contribution in [2.24, 2.45) is 5.92 Å². The number of benzene rings is 1. The van der Waals surface area contributed by atoms with Crippen molar-refractivity contribution in [1.29, 1.82) is 0 Å². The number of aliphatic carboxylic acids is 1. The lowest BCUT2D eigenvalue weighted by atomic mass is 9.95. The molecule has 2 aromatic carbocycles. The number of anilines is 1. The van der Waals surface area contributed by atoms with Crippen molar-refractivity contribution >= 4 is 23.5 Å². The first kappa shape index (κ1) is 31.3. The van der Waals surface area contributed by atoms with Crippen LogP contribution in [-0.2, 0) is 20.8 Å². The average molecular weight is 570 g/mol. The highest BCUT2D eigenvalue weighted by molar-refractivity contribution is 5.86. The van der Waals surface area contributed by atoms with Gasteiger partial charge in [-0.2, -0.15) is 0 Å². The number of amides is 2. The number of rotatable bonds is 12. The molecule has 11 heteroatoms. The van der Waals surface area contributed by atoms with E-state index in [4.69, 9.17) is 19.3 Å². The smallest absolute Gasteiger partial charge is 0.305 e. The number of ether oxygens (including phenoxy) is 3. The molecular formula is C30H39N3O8. The maximum Gasteiger partial charge on any atom is 0.305 e. The molecule has 2 atom stereocenters. The Morgan fingerprint density at radius 2 is 1.76 bits per heavy atom. The minimum Gasteiger partial charge on any atom is -0.493 e. The molecular weight excluding hydrogens is 530 g/mol. The Morgan fingerprint density at radius 1 is 1.05 bits per heavy atom. The molecule has 222 valence electrons. The summed E-state index contributed by atoms with van der Waals surface area (Å²) in [7, 11) is 4.59. The van der Waals surface area contributed by atoms with E-state index in [1.54, 1.807) is 19.2 Å². The molecule has 0 saturated heterocycles. The van der Waals surface area contributed by atoms with Crippen LogP contribution in [0.5, 0.6) is 17.2 Å². The monoisotopic (exact) mass is 569 g/mol. The van der Waals surface area contributed by atoms with Crippen LogP contribution in [0.1, 0.15) is 57.2 Å². The molecule has 11 nitrogen and oxygen atoms in total. The largest absolute Gasteiger partial charge is 0.493 e. The first-order valence-electron chi connectivity index (χ1n) is 13.5. The second-order valence-corrected chi connectivity index (χ2v) is 10.4. The molecule has 0 spiro atoms. The lowest BCUT2D eigenvalue weighted by molar-refractivity contribution is -0.137. The topological polar surface area (TPSA) is 152 Å². The Balaban J connectivity index is 2.18. The lowest BCUT2D eigenvalue weighted by Gasteiger charge is -2.20. The van der Waals surface area contributed by atoms with E-state index in [1.165, 1.54) is 27.2 Å². The van der Waals surface area contributed by atoms with Crippen LogP contribution < -0.4 is 35.6 Å². The Morgan fingerprint density at radius 3 is 2.34 bits per heavy atom. The van der Waals surface area contributed by atoms with Gasteiger partial charge in [-0.1, -0.05) is 19.9 Å². The third-order valence-corrected chi connectivity index (χ3v) is 6.91. The first-order chi connectivity index (χ1) is 19.5. The van der Waals surface area contributed by atoms with Crippen LogP contribution in [0.25, 0.3) is 11.1 Å². The summed E-state index contributed by atoms with van der Waals surface area (Å²) in [4.78, 5) is 49.6. The number of carboxylic acid groups (broad SMARTS) is 1. The minimum absolute atomic E-state index is 0.0220. The highest BCUT2D eigenvalue weighted by Crippen LogP contribution is 2.50. The van der Waals surface area contributed by atoms with E-state index in [0.717, 1.165) is 11.1 Å². The van der Waals surface area contributed by atoms with Gasteiger partial charge in [0, 0.05) is 19.0 Å². The quantitative estimate of drug-likeness (QED) is 0.302. The maximum absolute atomic E-state index is 13.6. The second kappa shape index (κ2) is 13.9. The Bertz CT molecular complexity index is 1360. The zero-order valence-corrected chi connectivity index (χ0v) is 24.4. The molecule has 0 heterocycles. The molecule has 0 aromatic heterocycles. The second-order valence-electron chi connectivity index (χ2n) is 10.4. The zero-order chi connectivity index (χ0) is 30.3. The predicted molar refractivity (Wildman–Crippen MR) is 155 cm³/mol. The van der Waals surface area contributed by atoms with Gasteiger partial charge in [0.15, 0.2) is 11.5 Å². The van der Waals surface area contributed by atoms with Crippen molar-refractivity contribution in [3.63, 3.8) is 0 Å². The maximum atomic E-state index is 13.6. The number of carbonyl (C=O) groups is 3. The summed E-state index contributed by atoms with van der Waals surface area (Å²) in [6, 6.07) is 5.53. The van der Waals surface area contributed by atoms with Crippen LogP contribution in [0.3, 0.4) is 0 Å². The van der Waals surface area contributed by atoms with Gasteiger partial charge >= 0.3 is 5.97 Å². The highest BCUT2D eigenvalue weighted by Gasteiger charge is 2.30. The normalized spacial score (nSPS) is 14.6. The third-order valence-electron chi connectivity index (χ3n) is 6.91. The van der Waals surface area contributed by atoms with Crippen LogP contribution in [0.4, 0.5) is 5.69 Å². The summed E-state index contributed by atoms with van der Waals surface area (Å²) in [5, 5.41) is 17.6. The van der Waals surface area contributed by atoms with Gasteiger partial charge in [0.25, 0.3) is 0 Å². The highest BCUT2D eigenvalue weighted by atomic mass is 16.5. The number of fused-ring (bicyclic) bond motifs is 3. The number of nitrogens with one attached hydrogen (secondary N) is 3. The molecule has 41 heavy (non-hydrogen) atoms. The van der Waals surface area contributed by atoms with Crippen LogP contribution in [0, 0.1) is 5.92 Å². The number of carbonyl (C=O) groups excluding carboxylic acids is 2. The van der Waals surface area contributed by atoms with E-state index >= 15 is 0 Å². The van der Waals surface area contributed by atoms with Gasteiger partial charge in [0.05, 0.1) is 39.5 Å². The summed E-state index contributed by atoms with van der Waals surface area (Å²) in [6.45, 7) is 5.31. The van der Waals surface area contributed by atoms with E-state index in [-0.39, 0.29) is 35.9 Å². The van der Waals surface area contributed by atoms with Crippen molar-refractivity contribution in [1.82, 2.24) is 10.6 Å². The summed E-state index contributed by atoms with van der Waals surface area (Å²) < 4.78 is 17.0. The van der Waals surface area contributed by atoms with Gasteiger partial charge in [0.2, 0.25) is 23.0 Å². The molecule has 2 unspecified atom stereocenters. The van der Waals surface area contributed by atoms with Crippen LogP contribution >= 0.6 is 0 Å². The number of hydrogen-bond acceptors (Lipinski definition) is 8. The zero-order valence-electron chi connectivity index (χ0n) is 24.4. The van der Waals surface area contributed by atoms with Crippen molar-refractivity contribution in [3.05, 3.63) is 45.6 Å². The van der Waals surface area contributed by atoms with Crippen molar-refractivity contribution < 1.29 is 33.7 Å². The molecule has 2 aromatic rings. The van der Waals surface area contributed by atoms with E-state index in [0.29, 0.717) is 47.6 Å². The number of carboxylic acids is 1. The van der Waals surface area contributed by atoms with Gasteiger partial charge in [-0.25, -0.2) is 0 Å². The van der Waals surface area contributed by atoms with E-state index in [9.17, 15) is 19.2 Å². The predicted octanol–water partition coefficient (Wildman–Crippen LogP) is 3.28. The molecule has 1 aliphatic rings. The fourth-order valence-corrected chi connectivity index (χ4v) is 5.13. The molecule has 0 saturated carbocycles. The van der Waals surface area contributed by atoms with Crippen LogP contribution in [0.15, 0.2) is 29.1 Å².